The number of benzene rings is 3. The highest BCUT2D eigenvalue weighted by atomic mass is 32.2. The first-order valence-electron chi connectivity index (χ1n) is 10.8. The minimum atomic E-state index is -3.39. The third-order valence-corrected chi connectivity index (χ3v) is 7.63. The molecule has 0 amide bonds. The fourth-order valence-electron chi connectivity index (χ4n) is 4.17. The molecule has 3 aromatic carbocycles. The van der Waals surface area contributed by atoms with Gasteiger partial charge in [-0.3, -0.25) is 0 Å². The van der Waals surface area contributed by atoms with Crippen LogP contribution in [-0.4, -0.2) is 49.6 Å². The van der Waals surface area contributed by atoms with Crippen molar-refractivity contribution in [2.75, 3.05) is 26.2 Å². The summed E-state index contributed by atoms with van der Waals surface area (Å²) in [5.41, 5.74) is 2.50. The molecule has 0 atom stereocenters. The lowest BCUT2D eigenvalue weighted by atomic mass is 10.1. The van der Waals surface area contributed by atoms with Crippen molar-refractivity contribution in [3.8, 4) is 11.5 Å². The minimum Gasteiger partial charge on any atom is -0.454 e. The van der Waals surface area contributed by atoms with Crippen molar-refractivity contribution in [3.05, 3.63) is 90.0 Å². The Labute approximate surface area is 188 Å². The van der Waals surface area contributed by atoms with Gasteiger partial charge in [0, 0.05) is 26.2 Å². The van der Waals surface area contributed by atoms with Crippen molar-refractivity contribution < 1.29 is 13.2 Å². The van der Waals surface area contributed by atoms with E-state index in [4.69, 9.17) is 9.73 Å². The fourth-order valence-corrected chi connectivity index (χ4v) is 5.73. The lowest BCUT2D eigenvalue weighted by Crippen LogP contribution is -2.38. The van der Waals surface area contributed by atoms with Crippen LogP contribution in [0.2, 0.25) is 0 Å². The van der Waals surface area contributed by atoms with Gasteiger partial charge in [0.25, 0.3) is 0 Å². The van der Waals surface area contributed by atoms with Crippen LogP contribution in [0.1, 0.15) is 17.5 Å². The molecule has 3 aromatic rings. The summed E-state index contributed by atoms with van der Waals surface area (Å²) in [5.74, 6) is 2.33. The van der Waals surface area contributed by atoms with E-state index in [-0.39, 0.29) is 5.75 Å². The van der Waals surface area contributed by atoms with E-state index in [1.807, 2.05) is 78.9 Å². The van der Waals surface area contributed by atoms with Crippen LogP contribution in [0.3, 0.4) is 0 Å². The topological polar surface area (TPSA) is 62.2 Å². The predicted octanol–water partition coefficient (Wildman–Crippen LogP) is 4.41. The maximum Gasteiger partial charge on any atom is 0.218 e. The van der Waals surface area contributed by atoms with E-state index in [2.05, 4.69) is 4.90 Å². The Balaban J connectivity index is 1.41. The Morgan fingerprint density at radius 2 is 1.50 bits per heavy atom. The molecule has 0 radical (unpaired) electrons. The summed E-state index contributed by atoms with van der Waals surface area (Å²) >= 11 is 0. The van der Waals surface area contributed by atoms with Gasteiger partial charge in [-0.2, -0.15) is 4.31 Å². The average molecular weight is 448 g/mol. The van der Waals surface area contributed by atoms with Crippen LogP contribution < -0.4 is 4.74 Å². The first-order valence-corrected chi connectivity index (χ1v) is 12.4. The highest BCUT2D eigenvalue weighted by Gasteiger charge is 2.28. The molecule has 2 heterocycles. The zero-order valence-corrected chi connectivity index (χ0v) is 18.5. The van der Waals surface area contributed by atoms with Crippen LogP contribution in [-0.2, 0) is 15.8 Å². The highest BCUT2D eigenvalue weighted by Crippen LogP contribution is 2.37. The Morgan fingerprint density at radius 3 is 2.34 bits per heavy atom. The number of hydrogen-bond acceptors (Lipinski definition) is 5. The Kier molecular flexibility index (Phi) is 5.68. The van der Waals surface area contributed by atoms with Crippen LogP contribution in [0.5, 0.6) is 11.5 Å². The van der Waals surface area contributed by atoms with Gasteiger partial charge in [-0.1, -0.05) is 54.6 Å². The molecule has 0 N–H and O–H groups in total. The van der Waals surface area contributed by atoms with Gasteiger partial charge in [-0.15, -0.1) is 0 Å². The van der Waals surface area contributed by atoms with Crippen LogP contribution in [0.4, 0.5) is 5.69 Å². The largest absolute Gasteiger partial charge is 0.454 e. The van der Waals surface area contributed by atoms with E-state index in [0.717, 1.165) is 47.1 Å². The van der Waals surface area contributed by atoms with E-state index in [0.29, 0.717) is 19.6 Å². The van der Waals surface area contributed by atoms with Crippen molar-refractivity contribution in [2.45, 2.75) is 12.2 Å². The van der Waals surface area contributed by atoms with Gasteiger partial charge in [0.1, 0.15) is 17.3 Å². The summed E-state index contributed by atoms with van der Waals surface area (Å²) in [6.07, 6.45) is 0.734. The van der Waals surface area contributed by atoms with Crippen LogP contribution in [0, 0.1) is 0 Å². The zero-order chi connectivity index (χ0) is 22.0. The van der Waals surface area contributed by atoms with Gasteiger partial charge in [0.2, 0.25) is 10.0 Å². The molecule has 32 heavy (non-hydrogen) atoms. The second kappa shape index (κ2) is 8.76. The molecule has 0 bridgehead atoms. The summed E-state index contributed by atoms with van der Waals surface area (Å²) in [4.78, 5) is 7.13. The third kappa shape index (κ3) is 4.26. The summed E-state index contributed by atoms with van der Waals surface area (Å²) in [6.45, 7) is 2.24. The predicted molar refractivity (Wildman–Crippen MR) is 126 cm³/mol. The summed E-state index contributed by atoms with van der Waals surface area (Å²) < 4.78 is 33.9. The molecule has 164 valence electrons. The second-order valence-corrected chi connectivity index (χ2v) is 9.95. The van der Waals surface area contributed by atoms with Gasteiger partial charge in [-0.05, 0) is 36.2 Å². The molecule has 7 heteroatoms. The smallest absolute Gasteiger partial charge is 0.218 e. The highest BCUT2D eigenvalue weighted by molar-refractivity contribution is 7.88. The number of para-hydroxylation sites is 3. The maximum atomic E-state index is 13.1. The van der Waals surface area contributed by atoms with Crippen molar-refractivity contribution in [1.29, 1.82) is 0 Å². The maximum absolute atomic E-state index is 13.1. The first-order chi connectivity index (χ1) is 15.6. The number of hydrogen-bond donors (Lipinski definition) is 0. The Morgan fingerprint density at radius 1 is 0.781 bits per heavy atom. The Hall–Kier alpha value is -3.16. The van der Waals surface area contributed by atoms with E-state index >= 15 is 0 Å². The molecule has 2 aliphatic rings. The van der Waals surface area contributed by atoms with Gasteiger partial charge in [0.05, 0.1) is 11.3 Å². The molecule has 1 fully saturated rings. The molecule has 0 aromatic heterocycles. The van der Waals surface area contributed by atoms with Crippen LogP contribution in [0.15, 0.2) is 83.9 Å². The molecule has 0 saturated carbocycles. The molecule has 1 saturated heterocycles. The average Bonchev–Trinajstić information content (AvgIpc) is 3.15. The number of nitrogens with zero attached hydrogens (tertiary/aromatic N) is 3. The van der Waals surface area contributed by atoms with E-state index in [9.17, 15) is 8.42 Å². The molecule has 6 nitrogen and oxygen atoms in total. The molecular formula is C25H25N3O3S. The normalized spacial score (nSPS) is 16.8. The summed E-state index contributed by atoms with van der Waals surface area (Å²) in [7, 11) is -3.39. The van der Waals surface area contributed by atoms with Gasteiger partial charge in [-0.25, -0.2) is 13.4 Å². The van der Waals surface area contributed by atoms with E-state index < -0.39 is 10.0 Å². The molecule has 0 spiro atoms. The lowest BCUT2D eigenvalue weighted by molar-refractivity contribution is 0.407. The SMILES string of the molecule is O=S(=O)(Cc1ccccc1)N1CCCN(C2=Nc3ccccc3Oc3ccccc32)CC1. The fraction of sp³-hybridized carbons (Fsp3) is 0.240. The Bertz CT molecular complexity index is 1240. The molecule has 0 aliphatic carbocycles. The van der Waals surface area contributed by atoms with Crippen molar-refractivity contribution in [2.24, 2.45) is 4.99 Å². The number of sulfonamides is 1. The van der Waals surface area contributed by atoms with Crippen molar-refractivity contribution in [3.63, 3.8) is 0 Å². The summed E-state index contributed by atoms with van der Waals surface area (Å²) in [6, 6.07) is 25.0. The van der Waals surface area contributed by atoms with Gasteiger partial charge < -0.3 is 9.64 Å². The van der Waals surface area contributed by atoms with E-state index in [1.165, 1.54) is 0 Å². The third-order valence-electron chi connectivity index (χ3n) is 5.78. The first kappa shape index (κ1) is 20.7. The number of aliphatic imine (C=N–C) groups is 1. The number of ether oxygens (including phenoxy) is 1. The number of fused-ring (bicyclic) bond motifs is 2. The van der Waals surface area contributed by atoms with Gasteiger partial charge in [0.15, 0.2) is 5.75 Å². The molecule has 0 unspecified atom stereocenters. The number of amidine groups is 1. The quantitative estimate of drug-likeness (QED) is 0.597. The lowest BCUT2D eigenvalue weighted by Gasteiger charge is -2.25. The van der Waals surface area contributed by atoms with Crippen LogP contribution >= 0.6 is 0 Å². The second-order valence-electron chi connectivity index (χ2n) is 7.98. The molecule has 2 aliphatic heterocycles. The van der Waals surface area contributed by atoms with Crippen molar-refractivity contribution in [1.82, 2.24) is 9.21 Å². The molecular weight excluding hydrogens is 422 g/mol. The minimum absolute atomic E-state index is 0.0266. The van der Waals surface area contributed by atoms with Crippen LogP contribution in [0.25, 0.3) is 0 Å². The van der Waals surface area contributed by atoms with Gasteiger partial charge >= 0.3 is 0 Å². The number of rotatable bonds is 3. The summed E-state index contributed by atoms with van der Waals surface area (Å²) in [5, 5.41) is 0. The van der Waals surface area contributed by atoms with Crippen molar-refractivity contribution >= 4 is 21.5 Å². The zero-order valence-electron chi connectivity index (χ0n) is 17.7. The van der Waals surface area contributed by atoms with E-state index in [1.54, 1.807) is 4.31 Å². The monoisotopic (exact) mass is 447 g/mol. The standard InChI is InChI=1S/C25H25N3O3S/c29-32(30,19-20-9-2-1-3-10-20)28-16-8-15-27(17-18-28)25-21-11-4-6-13-23(21)31-24-14-7-5-12-22(24)26-25/h1-7,9-14H,8,15-19H2. The molecule has 5 rings (SSSR count).